The van der Waals surface area contributed by atoms with Gasteiger partial charge in [0, 0.05) is 35.6 Å². The van der Waals surface area contributed by atoms with E-state index in [4.69, 9.17) is 19.9 Å². The number of aromatic amines is 1. The standard InChI is InChI=1S/C29H30N4O10/c30-14-19-21(35)24(38)28(42-19)41-18(25-22(36)23(37)27(43-25)33-12-11-20(34)32-29(33)40)10-9-15-5-4-8-17(13-15)31-26(39)16-6-2-1-3-7-16/h1-8,11-13,18-19,21-25,27-28,35-38H,14,30H2,(H,31,39)(H,32,34,40)/t18-,19+,21+,22-,23+,24+,25+,27+,28+/m0/s1. The fraction of sp³-hybridized carbons (Fsp3) is 0.345. The molecule has 9 atom stereocenters. The maximum Gasteiger partial charge on any atom is 0.330 e. The molecule has 2 fully saturated rings. The molecular formula is C29H30N4O10. The summed E-state index contributed by atoms with van der Waals surface area (Å²) in [7, 11) is 0. The maximum atomic E-state index is 12.6. The lowest BCUT2D eigenvalue weighted by atomic mass is 10.0. The Hall–Kier alpha value is -4.17. The number of aliphatic hydroxyl groups is 4. The van der Waals surface area contributed by atoms with Crippen LogP contribution in [-0.4, -0.2) is 91.4 Å². The highest BCUT2D eigenvalue weighted by Crippen LogP contribution is 2.33. The van der Waals surface area contributed by atoms with Crippen molar-refractivity contribution in [2.75, 3.05) is 11.9 Å². The molecule has 0 radical (unpaired) electrons. The maximum absolute atomic E-state index is 12.6. The SMILES string of the molecule is NC[C@H]1O[C@@H](O[C@@H](C#Cc2cccc(NC(=O)c3ccccc3)c2)[C@H]2O[C@@H](n3ccc(=O)[nH]c3=O)[C@H](O)[C@@H]2O)[C@H](O)[C@@H]1O. The van der Waals surface area contributed by atoms with E-state index in [-0.39, 0.29) is 12.5 Å². The van der Waals surface area contributed by atoms with Gasteiger partial charge < -0.3 is 45.7 Å². The van der Waals surface area contributed by atoms with Crippen LogP contribution in [0.25, 0.3) is 0 Å². The van der Waals surface area contributed by atoms with E-state index >= 15 is 0 Å². The average molecular weight is 595 g/mol. The second kappa shape index (κ2) is 13.0. The Morgan fingerprint density at radius 3 is 2.47 bits per heavy atom. The summed E-state index contributed by atoms with van der Waals surface area (Å²) in [6.45, 7) is -0.117. The Labute approximate surface area is 244 Å². The molecule has 0 unspecified atom stereocenters. The first-order chi connectivity index (χ1) is 20.7. The summed E-state index contributed by atoms with van der Waals surface area (Å²) in [5.74, 6) is 5.34. The van der Waals surface area contributed by atoms with E-state index < -0.39 is 66.5 Å². The zero-order valence-corrected chi connectivity index (χ0v) is 22.5. The molecule has 14 nitrogen and oxygen atoms in total. The molecule has 3 heterocycles. The molecule has 1 aromatic heterocycles. The minimum atomic E-state index is -1.65. The molecule has 0 spiro atoms. The van der Waals surface area contributed by atoms with Crippen LogP contribution in [0.4, 0.5) is 5.69 Å². The number of amides is 1. The van der Waals surface area contributed by atoms with Gasteiger partial charge in [0.25, 0.3) is 11.5 Å². The minimum Gasteiger partial charge on any atom is -0.387 e. The summed E-state index contributed by atoms with van der Waals surface area (Å²) in [5, 5.41) is 45.2. The van der Waals surface area contributed by atoms with Gasteiger partial charge in [-0.2, -0.15) is 0 Å². The van der Waals surface area contributed by atoms with Crippen molar-refractivity contribution < 1.29 is 39.4 Å². The van der Waals surface area contributed by atoms with Crippen molar-refractivity contribution >= 4 is 11.6 Å². The predicted octanol–water partition coefficient (Wildman–Crippen LogP) is -1.75. The van der Waals surface area contributed by atoms with Crippen LogP contribution in [0.2, 0.25) is 0 Å². The molecule has 226 valence electrons. The van der Waals surface area contributed by atoms with E-state index in [9.17, 15) is 34.8 Å². The number of H-pyrrole nitrogens is 1. The summed E-state index contributed by atoms with van der Waals surface area (Å²) >= 11 is 0. The van der Waals surface area contributed by atoms with Gasteiger partial charge in [0.1, 0.15) is 36.6 Å². The van der Waals surface area contributed by atoms with Crippen molar-refractivity contribution in [1.82, 2.24) is 9.55 Å². The Balaban J connectivity index is 1.42. The topological polar surface area (TPSA) is 219 Å². The Morgan fingerprint density at radius 2 is 1.77 bits per heavy atom. The second-order valence-electron chi connectivity index (χ2n) is 9.98. The van der Waals surface area contributed by atoms with Crippen molar-refractivity contribution in [1.29, 1.82) is 0 Å². The van der Waals surface area contributed by atoms with E-state index in [1.807, 2.05) is 4.98 Å². The highest BCUT2D eigenvalue weighted by molar-refractivity contribution is 6.04. The number of hydrogen-bond acceptors (Lipinski definition) is 11. The normalized spacial score (nSPS) is 29.0. The number of anilines is 1. The molecule has 0 aliphatic carbocycles. The molecule has 2 aliphatic rings. The number of carbonyl (C=O) groups excluding carboxylic acids is 1. The molecule has 3 aromatic rings. The van der Waals surface area contributed by atoms with Crippen molar-refractivity contribution in [3.63, 3.8) is 0 Å². The van der Waals surface area contributed by atoms with Gasteiger partial charge in [-0.3, -0.25) is 19.1 Å². The van der Waals surface area contributed by atoms with Gasteiger partial charge in [-0.15, -0.1) is 0 Å². The van der Waals surface area contributed by atoms with Crippen LogP contribution in [-0.2, 0) is 14.2 Å². The second-order valence-corrected chi connectivity index (χ2v) is 9.98. The predicted molar refractivity (Wildman–Crippen MR) is 150 cm³/mol. The number of nitrogens with one attached hydrogen (secondary N) is 2. The fourth-order valence-electron chi connectivity index (χ4n) is 4.78. The van der Waals surface area contributed by atoms with Gasteiger partial charge >= 0.3 is 5.69 Å². The van der Waals surface area contributed by atoms with Crippen molar-refractivity contribution in [2.24, 2.45) is 5.73 Å². The quantitative estimate of drug-likeness (QED) is 0.152. The van der Waals surface area contributed by atoms with E-state index in [1.54, 1.807) is 54.6 Å². The fourth-order valence-corrected chi connectivity index (χ4v) is 4.78. The average Bonchev–Trinajstić information content (AvgIpc) is 3.45. The number of carbonyl (C=O) groups is 1. The molecular weight excluding hydrogens is 564 g/mol. The highest BCUT2D eigenvalue weighted by Gasteiger charge is 2.50. The molecule has 43 heavy (non-hydrogen) atoms. The zero-order valence-electron chi connectivity index (χ0n) is 22.5. The highest BCUT2D eigenvalue weighted by atomic mass is 16.7. The zero-order chi connectivity index (χ0) is 30.7. The number of aromatic nitrogens is 2. The molecule has 2 aliphatic heterocycles. The molecule has 8 N–H and O–H groups in total. The molecule has 2 saturated heterocycles. The Kier molecular flexibility index (Phi) is 9.16. The van der Waals surface area contributed by atoms with E-state index in [2.05, 4.69) is 17.2 Å². The largest absolute Gasteiger partial charge is 0.387 e. The number of aliphatic hydroxyl groups excluding tert-OH is 4. The van der Waals surface area contributed by atoms with E-state index in [0.717, 1.165) is 16.8 Å². The van der Waals surface area contributed by atoms with Crippen LogP contribution in [0.3, 0.4) is 0 Å². The molecule has 2 aromatic carbocycles. The van der Waals surface area contributed by atoms with E-state index in [0.29, 0.717) is 16.8 Å². The van der Waals surface area contributed by atoms with Crippen LogP contribution in [0.1, 0.15) is 22.1 Å². The summed E-state index contributed by atoms with van der Waals surface area (Å²) in [6, 6.07) is 16.2. The number of benzene rings is 2. The van der Waals surface area contributed by atoms with Gasteiger partial charge in [0.05, 0.1) is 0 Å². The number of hydrogen-bond donors (Lipinski definition) is 7. The lowest BCUT2D eigenvalue weighted by Gasteiger charge is -2.26. The Bertz CT molecular complexity index is 1620. The van der Waals surface area contributed by atoms with E-state index in [1.165, 1.54) is 0 Å². The summed E-state index contributed by atoms with van der Waals surface area (Å²) in [6.07, 6.45) is -11.6. The van der Waals surface area contributed by atoms with Crippen LogP contribution in [0, 0.1) is 11.8 Å². The summed E-state index contributed by atoms with van der Waals surface area (Å²) < 4.78 is 18.1. The monoisotopic (exact) mass is 594 g/mol. The van der Waals surface area contributed by atoms with Crippen molar-refractivity contribution in [3.05, 3.63) is 98.8 Å². The minimum absolute atomic E-state index is 0.117. The van der Waals surface area contributed by atoms with Crippen molar-refractivity contribution in [3.8, 4) is 11.8 Å². The van der Waals surface area contributed by atoms with Crippen LogP contribution >= 0.6 is 0 Å². The molecule has 1 amide bonds. The number of nitrogens with two attached hydrogens (primary N) is 1. The summed E-state index contributed by atoms with van der Waals surface area (Å²) in [4.78, 5) is 38.5. The van der Waals surface area contributed by atoms with Crippen molar-refractivity contribution in [2.45, 2.75) is 55.2 Å². The molecule has 0 bridgehead atoms. The lowest BCUT2D eigenvalue weighted by Crippen LogP contribution is -2.43. The van der Waals surface area contributed by atoms with Gasteiger partial charge in [-0.25, -0.2) is 4.79 Å². The third-order valence-electron chi connectivity index (χ3n) is 7.05. The lowest BCUT2D eigenvalue weighted by molar-refractivity contribution is -0.205. The Morgan fingerprint density at radius 1 is 1.00 bits per heavy atom. The van der Waals surface area contributed by atoms with Gasteiger partial charge in [0.2, 0.25) is 0 Å². The van der Waals surface area contributed by atoms with Gasteiger partial charge in [-0.1, -0.05) is 36.1 Å². The third kappa shape index (κ3) is 6.59. The molecule has 5 rings (SSSR count). The smallest absolute Gasteiger partial charge is 0.330 e. The summed E-state index contributed by atoms with van der Waals surface area (Å²) in [5.41, 5.74) is 5.39. The number of rotatable bonds is 7. The first-order valence-corrected chi connectivity index (χ1v) is 13.3. The van der Waals surface area contributed by atoms with Crippen LogP contribution in [0.15, 0.2) is 76.4 Å². The van der Waals surface area contributed by atoms with Crippen LogP contribution < -0.4 is 22.3 Å². The van der Waals surface area contributed by atoms with Gasteiger partial charge in [-0.05, 0) is 30.3 Å². The first-order valence-electron chi connectivity index (χ1n) is 13.3. The number of ether oxygens (including phenoxy) is 3. The van der Waals surface area contributed by atoms with Gasteiger partial charge in [0.15, 0.2) is 18.6 Å². The number of nitrogens with zero attached hydrogens (tertiary/aromatic N) is 1. The third-order valence-corrected chi connectivity index (χ3v) is 7.05. The first kappa shape index (κ1) is 30.3. The molecule has 0 saturated carbocycles. The van der Waals surface area contributed by atoms with Crippen LogP contribution in [0.5, 0.6) is 0 Å². The molecule has 14 heteroatoms.